The van der Waals surface area contributed by atoms with E-state index in [9.17, 15) is 9.59 Å². The van der Waals surface area contributed by atoms with Gasteiger partial charge in [0.2, 0.25) is 0 Å². The predicted octanol–water partition coefficient (Wildman–Crippen LogP) is 1.23. The van der Waals surface area contributed by atoms with Crippen molar-refractivity contribution in [1.82, 2.24) is 5.32 Å². The molecule has 0 heterocycles. The van der Waals surface area contributed by atoms with E-state index in [1.165, 1.54) is 0 Å². The molecule has 1 aromatic carbocycles. The zero-order valence-corrected chi connectivity index (χ0v) is 10.4. The average molecular weight is 253 g/mol. The number of benzene rings is 1. The number of carboxylic acids is 1. The minimum atomic E-state index is -1.00. The fourth-order valence-electron chi connectivity index (χ4n) is 1.39. The lowest BCUT2D eigenvalue weighted by atomic mass is 9.93. The van der Waals surface area contributed by atoms with Crippen LogP contribution in [0.25, 0.3) is 0 Å². The van der Waals surface area contributed by atoms with Crippen LogP contribution in [0.3, 0.4) is 0 Å². The van der Waals surface area contributed by atoms with Crippen LogP contribution < -0.4 is 5.32 Å². The Hall–Kier alpha value is -1.33. The highest BCUT2D eigenvalue weighted by atomic mass is 32.1. The van der Waals surface area contributed by atoms with Gasteiger partial charge in [0.1, 0.15) is 0 Å². The minimum absolute atomic E-state index is 0.158. The molecule has 0 spiro atoms. The summed E-state index contributed by atoms with van der Waals surface area (Å²) in [5, 5.41) is 11.3. The summed E-state index contributed by atoms with van der Waals surface area (Å²) in [6.07, 6.45) is 0. The van der Waals surface area contributed by atoms with E-state index < -0.39 is 11.5 Å². The van der Waals surface area contributed by atoms with Gasteiger partial charge >= 0.3 is 5.97 Å². The fraction of sp³-hybridized carbons (Fsp3) is 0.333. The lowest BCUT2D eigenvalue weighted by Gasteiger charge is -2.27. The Labute approximate surface area is 105 Å². The van der Waals surface area contributed by atoms with Crippen molar-refractivity contribution in [3.05, 3.63) is 35.9 Å². The summed E-state index contributed by atoms with van der Waals surface area (Å²) in [7, 11) is 0. The van der Waals surface area contributed by atoms with Crippen LogP contribution in [-0.2, 0) is 4.79 Å². The largest absolute Gasteiger partial charge is 0.480 e. The van der Waals surface area contributed by atoms with Crippen molar-refractivity contribution in [3.8, 4) is 0 Å². The lowest BCUT2D eigenvalue weighted by Crippen LogP contribution is -2.52. The van der Waals surface area contributed by atoms with Crippen molar-refractivity contribution >= 4 is 24.4 Å². The Bertz CT molecular complexity index is 407. The maximum Gasteiger partial charge on any atom is 0.317 e. The number of thiol groups is 1. The van der Waals surface area contributed by atoms with Gasteiger partial charge in [0, 0.05) is 11.3 Å². The van der Waals surface area contributed by atoms with Gasteiger partial charge in [0.05, 0.1) is 12.1 Å². The summed E-state index contributed by atoms with van der Waals surface area (Å²) in [5.74, 6) is -0.929. The van der Waals surface area contributed by atoms with Gasteiger partial charge in [-0.2, -0.15) is 12.6 Å². The standard InChI is InChI=1S/C12H15NO3S/c1-12(8-17,13-7-10(14)15)11(16)9-5-3-2-4-6-9/h2-6,13,17H,7-8H2,1H3,(H,14,15). The van der Waals surface area contributed by atoms with Crippen molar-refractivity contribution in [2.75, 3.05) is 12.3 Å². The first-order valence-corrected chi connectivity index (χ1v) is 5.80. The van der Waals surface area contributed by atoms with Gasteiger partial charge < -0.3 is 5.11 Å². The van der Waals surface area contributed by atoms with Crippen LogP contribution in [0.5, 0.6) is 0 Å². The third-order valence-electron chi connectivity index (χ3n) is 2.48. The molecule has 92 valence electrons. The number of Topliss-reactive ketones (excluding diaryl/α,β-unsaturated/α-hetero) is 1. The van der Waals surface area contributed by atoms with Crippen LogP contribution >= 0.6 is 12.6 Å². The summed E-state index contributed by atoms with van der Waals surface area (Å²) >= 11 is 4.12. The first kappa shape index (κ1) is 13.7. The van der Waals surface area contributed by atoms with Crippen molar-refractivity contribution in [2.45, 2.75) is 12.5 Å². The van der Waals surface area contributed by atoms with E-state index in [2.05, 4.69) is 17.9 Å². The van der Waals surface area contributed by atoms with Gasteiger partial charge in [0.25, 0.3) is 0 Å². The molecular formula is C12H15NO3S. The monoisotopic (exact) mass is 253 g/mol. The molecule has 5 heteroatoms. The first-order chi connectivity index (χ1) is 7.99. The van der Waals surface area contributed by atoms with Crippen LogP contribution in [0.15, 0.2) is 30.3 Å². The van der Waals surface area contributed by atoms with Gasteiger partial charge in [0.15, 0.2) is 5.78 Å². The number of rotatable bonds is 6. The number of carbonyl (C=O) groups is 2. The van der Waals surface area contributed by atoms with Crippen LogP contribution in [0, 0.1) is 0 Å². The van der Waals surface area contributed by atoms with E-state index in [0.717, 1.165) is 0 Å². The molecule has 0 aliphatic rings. The number of carbonyl (C=O) groups excluding carboxylic acids is 1. The topological polar surface area (TPSA) is 66.4 Å². The zero-order valence-electron chi connectivity index (χ0n) is 9.51. The SMILES string of the molecule is CC(CS)(NCC(=O)O)C(=O)c1ccccc1. The van der Waals surface area contributed by atoms with Crippen molar-refractivity contribution < 1.29 is 14.7 Å². The Morgan fingerprint density at radius 1 is 1.35 bits per heavy atom. The Balaban J connectivity index is 2.86. The molecule has 0 aliphatic heterocycles. The number of hydrogen-bond donors (Lipinski definition) is 3. The second kappa shape index (κ2) is 5.84. The molecule has 0 saturated carbocycles. The van der Waals surface area contributed by atoms with E-state index in [-0.39, 0.29) is 18.1 Å². The molecule has 4 nitrogen and oxygen atoms in total. The van der Waals surface area contributed by atoms with Gasteiger partial charge in [-0.3, -0.25) is 14.9 Å². The van der Waals surface area contributed by atoms with Crippen molar-refractivity contribution in [2.24, 2.45) is 0 Å². The van der Waals surface area contributed by atoms with Crippen LogP contribution in [0.2, 0.25) is 0 Å². The Morgan fingerprint density at radius 2 is 1.94 bits per heavy atom. The highest BCUT2D eigenvalue weighted by Crippen LogP contribution is 2.14. The van der Waals surface area contributed by atoms with E-state index >= 15 is 0 Å². The normalized spacial score (nSPS) is 14.0. The van der Waals surface area contributed by atoms with Crippen LogP contribution in [0.1, 0.15) is 17.3 Å². The lowest BCUT2D eigenvalue weighted by molar-refractivity contribution is -0.136. The quantitative estimate of drug-likeness (QED) is 0.527. The molecule has 1 unspecified atom stereocenters. The van der Waals surface area contributed by atoms with Gasteiger partial charge in [-0.15, -0.1) is 0 Å². The Morgan fingerprint density at radius 3 is 2.41 bits per heavy atom. The molecule has 0 aliphatic carbocycles. The molecular weight excluding hydrogens is 238 g/mol. The summed E-state index contributed by atoms with van der Waals surface area (Å²) < 4.78 is 0. The third-order valence-corrected chi connectivity index (χ3v) is 3.12. The van der Waals surface area contributed by atoms with Gasteiger partial charge in [-0.05, 0) is 6.92 Å². The van der Waals surface area contributed by atoms with Gasteiger partial charge in [-0.1, -0.05) is 30.3 Å². The molecule has 1 atom stereocenters. The second-order valence-electron chi connectivity index (χ2n) is 3.93. The maximum absolute atomic E-state index is 12.2. The number of hydrogen-bond acceptors (Lipinski definition) is 4. The number of aliphatic carboxylic acids is 1. The molecule has 0 radical (unpaired) electrons. The maximum atomic E-state index is 12.2. The first-order valence-electron chi connectivity index (χ1n) is 5.17. The number of carboxylic acid groups (broad SMARTS) is 1. The molecule has 0 saturated heterocycles. The summed E-state index contributed by atoms with van der Waals surface area (Å²) in [4.78, 5) is 22.7. The molecule has 0 bridgehead atoms. The summed E-state index contributed by atoms with van der Waals surface area (Å²) in [6, 6.07) is 8.76. The molecule has 0 aromatic heterocycles. The predicted molar refractivity (Wildman–Crippen MR) is 68.7 cm³/mol. The van der Waals surface area contributed by atoms with E-state index in [4.69, 9.17) is 5.11 Å². The average Bonchev–Trinajstić information content (AvgIpc) is 2.36. The zero-order chi connectivity index (χ0) is 12.9. The second-order valence-corrected chi connectivity index (χ2v) is 4.25. The number of nitrogens with one attached hydrogen (secondary N) is 1. The Kier molecular flexibility index (Phi) is 4.72. The van der Waals surface area contributed by atoms with Crippen molar-refractivity contribution in [3.63, 3.8) is 0 Å². The van der Waals surface area contributed by atoms with E-state index in [0.29, 0.717) is 5.56 Å². The van der Waals surface area contributed by atoms with E-state index in [1.807, 2.05) is 6.07 Å². The molecule has 0 fully saturated rings. The highest BCUT2D eigenvalue weighted by molar-refractivity contribution is 7.80. The molecule has 1 aromatic rings. The van der Waals surface area contributed by atoms with E-state index in [1.54, 1.807) is 31.2 Å². The fourth-order valence-corrected chi connectivity index (χ4v) is 1.64. The minimum Gasteiger partial charge on any atom is -0.480 e. The molecule has 2 N–H and O–H groups in total. The molecule has 1 rings (SSSR count). The summed E-state index contributed by atoms with van der Waals surface area (Å²) in [5.41, 5.74) is -0.426. The molecule has 17 heavy (non-hydrogen) atoms. The molecule has 0 amide bonds. The van der Waals surface area contributed by atoms with Gasteiger partial charge in [-0.25, -0.2) is 0 Å². The number of ketones is 1. The summed E-state index contributed by atoms with van der Waals surface area (Å²) in [6.45, 7) is 1.38. The van der Waals surface area contributed by atoms with Crippen LogP contribution in [-0.4, -0.2) is 34.7 Å². The smallest absolute Gasteiger partial charge is 0.317 e. The van der Waals surface area contributed by atoms with Crippen LogP contribution in [0.4, 0.5) is 0 Å². The third kappa shape index (κ3) is 3.57. The van der Waals surface area contributed by atoms with Crippen molar-refractivity contribution in [1.29, 1.82) is 0 Å². The highest BCUT2D eigenvalue weighted by Gasteiger charge is 2.32.